The molecule has 1 aromatic heterocycles. The monoisotopic (exact) mass is 211 g/mol. The van der Waals surface area contributed by atoms with Gasteiger partial charge in [0.1, 0.15) is 0 Å². The number of aromatic nitrogens is 1. The number of thiazole rings is 1. The van der Waals surface area contributed by atoms with E-state index in [4.69, 9.17) is 0 Å². The molecule has 0 aliphatic carbocycles. The molecule has 1 unspecified atom stereocenters. The summed E-state index contributed by atoms with van der Waals surface area (Å²) in [5.41, 5.74) is 0.332. The van der Waals surface area contributed by atoms with Crippen LogP contribution in [0.3, 0.4) is 0 Å². The molecule has 1 atom stereocenters. The van der Waals surface area contributed by atoms with Crippen molar-refractivity contribution in [3.8, 4) is 0 Å². The van der Waals surface area contributed by atoms with E-state index < -0.39 is 0 Å². The molecule has 0 aliphatic heterocycles. The van der Waals surface area contributed by atoms with Crippen molar-refractivity contribution in [2.45, 2.75) is 58.3 Å². The van der Waals surface area contributed by atoms with Crippen LogP contribution in [-0.4, -0.2) is 4.98 Å². The number of rotatable bonds is 6. The van der Waals surface area contributed by atoms with Gasteiger partial charge in [-0.1, -0.05) is 40.0 Å². The van der Waals surface area contributed by atoms with Crippen LogP contribution in [-0.2, 0) is 5.41 Å². The maximum Gasteiger partial charge on any atom is 0.0983 e. The van der Waals surface area contributed by atoms with E-state index in [1.807, 2.05) is 17.5 Å². The highest BCUT2D eigenvalue weighted by Gasteiger charge is 2.27. The van der Waals surface area contributed by atoms with E-state index >= 15 is 0 Å². The van der Waals surface area contributed by atoms with E-state index in [0.717, 1.165) is 0 Å². The minimum atomic E-state index is 0.332. The minimum Gasteiger partial charge on any atom is -0.249 e. The van der Waals surface area contributed by atoms with Gasteiger partial charge in [0.25, 0.3) is 0 Å². The summed E-state index contributed by atoms with van der Waals surface area (Å²) in [7, 11) is 0. The van der Waals surface area contributed by atoms with Gasteiger partial charge in [0.15, 0.2) is 0 Å². The first kappa shape index (κ1) is 11.7. The summed E-state index contributed by atoms with van der Waals surface area (Å²) in [4.78, 5) is 4.48. The van der Waals surface area contributed by atoms with E-state index in [1.165, 1.54) is 37.1 Å². The average Bonchev–Trinajstić information content (AvgIpc) is 2.68. The Morgan fingerprint density at radius 1 is 1.29 bits per heavy atom. The minimum absolute atomic E-state index is 0.332. The molecule has 1 rings (SSSR count). The standard InChI is InChI=1S/C12H21NS/c1-4-6-8-12(3,7-5-2)11-13-9-10-14-11/h9-10H,4-8H2,1-3H3. The fraction of sp³-hybridized carbons (Fsp3) is 0.750. The third kappa shape index (κ3) is 2.81. The highest BCUT2D eigenvalue weighted by Crippen LogP contribution is 2.35. The van der Waals surface area contributed by atoms with Crippen LogP contribution in [0.1, 0.15) is 57.9 Å². The van der Waals surface area contributed by atoms with Crippen LogP contribution < -0.4 is 0 Å². The zero-order chi connectivity index (χ0) is 10.4. The molecule has 0 bridgehead atoms. The van der Waals surface area contributed by atoms with Gasteiger partial charge in [0.05, 0.1) is 5.01 Å². The first-order valence-corrected chi connectivity index (χ1v) is 6.51. The Hall–Kier alpha value is -0.370. The van der Waals surface area contributed by atoms with Gasteiger partial charge in [0.2, 0.25) is 0 Å². The van der Waals surface area contributed by atoms with Crippen molar-refractivity contribution in [1.82, 2.24) is 4.98 Å². The second-order valence-corrected chi connectivity index (χ2v) is 5.15. The van der Waals surface area contributed by atoms with Gasteiger partial charge in [-0.3, -0.25) is 0 Å². The van der Waals surface area contributed by atoms with Gasteiger partial charge in [-0.15, -0.1) is 11.3 Å². The highest BCUT2D eigenvalue weighted by atomic mass is 32.1. The molecule has 1 heterocycles. The van der Waals surface area contributed by atoms with Crippen LogP contribution in [0, 0.1) is 0 Å². The van der Waals surface area contributed by atoms with Crippen molar-refractivity contribution in [1.29, 1.82) is 0 Å². The Morgan fingerprint density at radius 3 is 2.57 bits per heavy atom. The van der Waals surface area contributed by atoms with Gasteiger partial charge in [0, 0.05) is 17.0 Å². The average molecular weight is 211 g/mol. The zero-order valence-electron chi connectivity index (χ0n) is 9.55. The lowest BCUT2D eigenvalue weighted by molar-refractivity contribution is 0.381. The predicted molar refractivity (Wildman–Crippen MR) is 63.9 cm³/mol. The molecule has 0 aliphatic rings. The van der Waals surface area contributed by atoms with Crippen LogP contribution in [0.15, 0.2) is 11.6 Å². The summed E-state index contributed by atoms with van der Waals surface area (Å²) in [6.45, 7) is 6.89. The van der Waals surface area contributed by atoms with Gasteiger partial charge >= 0.3 is 0 Å². The molecule has 0 fully saturated rings. The lowest BCUT2D eigenvalue weighted by Crippen LogP contribution is -2.21. The molecular formula is C12H21NS. The molecule has 0 radical (unpaired) electrons. The van der Waals surface area contributed by atoms with Crippen LogP contribution in [0.5, 0.6) is 0 Å². The van der Waals surface area contributed by atoms with Crippen molar-refractivity contribution in [3.63, 3.8) is 0 Å². The van der Waals surface area contributed by atoms with Crippen molar-refractivity contribution in [3.05, 3.63) is 16.6 Å². The summed E-state index contributed by atoms with van der Waals surface area (Å²) in [6.07, 6.45) is 8.33. The van der Waals surface area contributed by atoms with E-state index in [1.54, 1.807) is 0 Å². The molecule has 1 aromatic rings. The second-order valence-electron chi connectivity index (χ2n) is 4.25. The number of unbranched alkanes of at least 4 members (excludes halogenated alkanes) is 1. The quantitative estimate of drug-likeness (QED) is 0.680. The van der Waals surface area contributed by atoms with Gasteiger partial charge in [-0.25, -0.2) is 4.98 Å². The molecule has 0 aromatic carbocycles. The largest absolute Gasteiger partial charge is 0.249 e. The molecule has 0 amide bonds. The van der Waals surface area contributed by atoms with E-state index in [-0.39, 0.29) is 0 Å². The third-order valence-electron chi connectivity index (χ3n) is 2.83. The highest BCUT2D eigenvalue weighted by molar-refractivity contribution is 7.09. The van der Waals surface area contributed by atoms with Crippen LogP contribution in [0.4, 0.5) is 0 Å². The second kappa shape index (κ2) is 5.50. The summed E-state index contributed by atoms with van der Waals surface area (Å²) in [6, 6.07) is 0. The molecule has 0 spiro atoms. The lowest BCUT2D eigenvalue weighted by Gasteiger charge is -2.26. The molecule has 0 saturated heterocycles. The maximum atomic E-state index is 4.48. The van der Waals surface area contributed by atoms with E-state index in [9.17, 15) is 0 Å². The first-order valence-electron chi connectivity index (χ1n) is 5.63. The summed E-state index contributed by atoms with van der Waals surface area (Å²) >= 11 is 1.81. The number of nitrogens with zero attached hydrogens (tertiary/aromatic N) is 1. The van der Waals surface area contributed by atoms with Crippen molar-refractivity contribution in [2.24, 2.45) is 0 Å². The molecule has 1 nitrogen and oxygen atoms in total. The summed E-state index contributed by atoms with van der Waals surface area (Å²) in [5.74, 6) is 0. The molecule has 80 valence electrons. The summed E-state index contributed by atoms with van der Waals surface area (Å²) in [5, 5.41) is 3.42. The smallest absolute Gasteiger partial charge is 0.0983 e. The Balaban J connectivity index is 2.70. The van der Waals surface area contributed by atoms with Crippen LogP contribution in [0.25, 0.3) is 0 Å². The maximum absolute atomic E-state index is 4.48. The SMILES string of the molecule is CCCCC(C)(CCC)c1nccs1. The van der Waals surface area contributed by atoms with Crippen molar-refractivity contribution in [2.75, 3.05) is 0 Å². The van der Waals surface area contributed by atoms with Crippen LogP contribution >= 0.6 is 11.3 Å². The van der Waals surface area contributed by atoms with Crippen molar-refractivity contribution < 1.29 is 0 Å². The summed E-state index contributed by atoms with van der Waals surface area (Å²) < 4.78 is 0. The fourth-order valence-electron chi connectivity index (χ4n) is 1.98. The Labute approximate surface area is 91.6 Å². The van der Waals surface area contributed by atoms with Gasteiger partial charge in [-0.05, 0) is 12.8 Å². The first-order chi connectivity index (χ1) is 6.73. The van der Waals surface area contributed by atoms with E-state index in [0.29, 0.717) is 5.41 Å². The Bertz CT molecular complexity index is 243. The van der Waals surface area contributed by atoms with Gasteiger partial charge < -0.3 is 0 Å². The lowest BCUT2D eigenvalue weighted by atomic mass is 9.81. The third-order valence-corrected chi connectivity index (χ3v) is 3.91. The zero-order valence-corrected chi connectivity index (χ0v) is 10.4. The molecule has 0 N–H and O–H groups in total. The normalized spacial score (nSPS) is 15.4. The van der Waals surface area contributed by atoms with E-state index in [2.05, 4.69) is 31.1 Å². The van der Waals surface area contributed by atoms with Crippen LogP contribution in [0.2, 0.25) is 0 Å². The van der Waals surface area contributed by atoms with Crippen molar-refractivity contribution >= 4 is 11.3 Å². The number of hydrogen-bond acceptors (Lipinski definition) is 2. The molecule has 0 saturated carbocycles. The number of hydrogen-bond donors (Lipinski definition) is 0. The molecule has 2 heteroatoms. The van der Waals surface area contributed by atoms with Gasteiger partial charge in [-0.2, -0.15) is 0 Å². The molecule has 14 heavy (non-hydrogen) atoms. The fourth-order valence-corrected chi connectivity index (χ4v) is 2.84. The Kier molecular flexibility index (Phi) is 4.59. The topological polar surface area (TPSA) is 12.9 Å². The Morgan fingerprint density at radius 2 is 2.07 bits per heavy atom. The molecular weight excluding hydrogens is 190 g/mol. The predicted octanol–water partition coefficient (Wildman–Crippen LogP) is 4.39.